The van der Waals surface area contributed by atoms with Gasteiger partial charge in [-0.15, -0.1) is 0 Å². The van der Waals surface area contributed by atoms with Crippen molar-refractivity contribution in [1.82, 2.24) is 5.32 Å². The Kier molecular flexibility index (Phi) is 7.29. The molecule has 2 aromatic rings. The van der Waals surface area contributed by atoms with Gasteiger partial charge in [0.15, 0.2) is 11.5 Å². The van der Waals surface area contributed by atoms with Crippen molar-refractivity contribution in [2.75, 3.05) is 20.8 Å². The van der Waals surface area contributed by atoms with Gasteiger partial charge in [0.2, 0.25) is 5.91 Å². The van der Waals surface area contributed by atoms with Gasteiger partial charge in [0.25, 0.3) is 0 Å². The molecule has 2 rings (SSSR count). The largest absolute Gasteiger partial charge is 0.493 e. The third-order valence-electron chi connectivity index (χ3n) is 4.01. The van der Waals surface area contributed by atoms with Crippen LogP contribution >= 0.6 is 0 Å². The van der Waals surface area contributed by atoms with Crippen molar-refractivity contribution in [2.24, 2.45) is 0 Å². The molecule has 2 N–H and O–H groups in total. The molecular formula is C20H25NO4. The van der Waals surface area contributed by atoms with E-state index in [1.807, 2.05) is 48.5 Å². The number of aliphatic hydroxyl groups is 1. The molecule has 0 radical (unpaired) electrons. The highest BCUT2D eigenvalue weighted by Gasteiger charge is 2.09. The van der Waals surface area contributed by atoms with E-state index in [1.54, 1.807) is 14.2 Å². The van der Waals surface area contributed by atoms with Crippen molar-refractivity contribution in [3.05, 3.63) is 59.7 Å². The number of carbonyl (C=O) groups excluding carboxylic acids is 1. The number of benzene rings is 2. The normalized spacial score (nSPS) is 11.6. The Morgan fingerprint density at radius 3 is 2.48 bits per heavy atom. The number of amides is 1. The fraction of sp³-hybridized carbons (Fsp3) is 0.350. The molecule has 1 atom stereocenters. The molecule has 5 heteroatoms. The number of methoxy groups -OCH3 is 2. The van der Waals surface area contributed by atoms with Gasteiger partial charge in [-0.05, 0) is 36.1 Å². The molecule has 0 aliphatic rings. The van der Waals surface area contributed by atoms with Crippen LogP contribution in [0.25, 0.3) is 0 Å². The highest BCUT2D eigenvalue weighted by atomic mass is 16.5. The van der Waals surface area contributed by atoms with Crippen molar-refractivity contribution >= 4 is 5.91 Å². The molecule has 2 aromatic carbocycles. The molecule has 0 aliphatic heterocycles. The van der Waals surface area contributed by atoms with E-state index in [1.165, 1.54) is 0 Å². The van der Waals surface area contributed by atoms with E-state index in [4.69, 9.17) is 9.47 Å². The van der Waals surface area contributed by atoms with Crippen LogP contribution in [0.1, 0.15) is 30.1 Å². The summed E-state index contributed by atoms with van der Waals surface area (Å²) in [7, 11) is 3.18. The average molecular weight is 343 g/mol. The van der Waals surface area contributed by atoms with Crippen molar-refractivity contribution in [3.63, 3.8) is 0 Å². The molecule has 0 fully saturated rings. The first-order valence-corrected chi connectivity index (χ1v) is 8.34. The molecule has 0 saturated heterocycles. The second-order valence-corrected chi connectivity index (χ2v) is 5.75. The zero-order chi connectivity index (χ0) is 18.1. The van der Waals surface area contributed by atoms with Gasteiger partial charge >= 0.3 is 0 Å². The van der Waals surface area contributed by atoms with E-state index in [9.17, 15) is 9.90 Å². The van der Waals surface area contributed by atoms with Crippen LogP contribution in [0.5, 0.6) is 11.5 Å². The van der Waals surface area contributed by atoms with E-state index < -0.39 is 6.10 Å². The SMILES string of the molecule is COc1ccc(CCC(=O)NCC[C@H](O)c2ccccc2)cc1OC. The molecule has 0 aliphatic carbocycles. The van der Waals surface area contributed by atoms with Crippen molar-refractivity contribution in [2.45, 2.75) is 25.4 Å². The fourth-order valence-corrected chi connectivity index (χ4v) is 2.57. The smallest absolute Gasteiger partial charge is 0.220 e. The monoisotopic (exact) mass is 343 g/mol. The third-order valence-corrected chi connectivity index (χ3v) is 4.01. The summed E-state index contributed by atoms with van der Waals surface area (Å²) in [5.74, 6) is 1.30. The summed E-state index contributed by atoms with van der Waals surface area (Å²) >= 11 is 0. The third kappa shape index (κ3) is 5.80. The number of nitrogens with one attached hydrogen (secondary N) is 1. The van der Waals surface area contributed by atoms with Gasteiger partial charge in [-0.2, -0.15) is 0 Å². The summed E-state index contributed by atoms with van der Waals surface area (Å²) in [6.45, 7) is 0.445. The van der Waals surface area contributed by atoms with Crippen LogP contribution in [0, 0.1) is 0 Å². The quantitative estimate of drug-likeness (QED) is 0.735. The zero-order valence-corrected chi connectivity index (χ0v) is 14.7. The number of aryl methyl sites for hydroxylation is 1. The Labute approximate surface area is 148 Å². The number of carbonyl (C=O) groups is 1. The Hall–Kier alpha value is -2.53. The summed E-state index contributed by atoms with van der Waals surface area (Å²) in [6, 6.07) is 15.1. The summed E-state index contributed by atoms with van der Waals surface area (Å²) in [5.41, 5.74) is 1.87. The molecule has 5 nitrogen and oxygen atoms in total. The maximum absolute atomic E-state index is 12.0. The number of aliphatic hydroxyl groups excluding tert-OH is 1. The molecule has 0 bridgehead atoms. The van der Waals surface area contributed by atoms with E-state index in [0.29, 0.717) is 37.3 Å². The van der Waals surface area contributed by atoms with E-state index in [2.05, 4.69) is 5.32 Å². The number of ether oxygens (including phenoxy) is 2. The van der Waals surface area contributed by atoms with Gasteiger partial charge in [0.05, 0.1) is 20.3 Å². The van der Waals surface area contributed by atoms with Crippen LogP contribution < -0.4 is 14.8 Å². The number of rotatable bonds is 9. The molecule has 0 unspecified atom stereocenters. The highest BCUT2D eigenvalue weighted by Crippen LogP contribution is 2.27. The predicted octanol–water partition coefficient (Wildman–Crippen LogP) is 2.88. The molecule has 0 aromatic heterocycles. The number of hydrogen-bond donors (Lipinski definition) is 2. The van der Waals surface area contributed by atoms with Gasteiger partial charge in [0.1, 0.15) is 0 Å². The molecule has 134 valence electrons. The Bertz CT molecular complexity index is 673. The van der Waals surface area contributed by atoms with Crippen molar-refractivity contribution < 1.29 is 19.4 Å². The lowest BCUT2D eigenvalue weighted by Gasteiger charge is -2.12. The van der Waals surface area contributed by atoms with Crippen LogP contribution in [0.15, 0.2) is 48.5 Å². The maximum Gasteiger partial charge on any atom is 0.220 e. The average Bonchev–Trinajstić information content (AvgIpc) is 2.66. The summed E-state index contributed by atoms with van der Waals surface area (Å²) in [5, 5.41) is 12.9. The van der Waals surface area contributed by atoms with Crippen LogP contribution in [0.4, 0.5) is 0 Å². The molecular weight excluding hydrogens is 318 g/mol. The minimum absolute atomic E-state index is 0.0324. The Morgan fingerprint density at radius 1 is 1.08 bits per heavy atom. The van der Waals surface area contributed by atoms with Crippen LogP contribution in [0.3, 0.4) is 0 Å². The van der Waals surface area contributed by atoms with Gasteiger partial charge < -0.3 is 19.9 Å². The minimum atomic E-state index is -0.563. The second-order valence-electron chi connectivity index (χ2n) is 5.75. The lowest BCUT2D eigenvalue weighted by Crippen LogP contribution is -2.25. The van der Waals surface area contributed by atoms with E-state index >= 15 is 0 Å². The lowest BCUT2D eigenvalue weighted by atomic mass is 10.1. The van der Waals surface area contributed by atoms with Gasteiger partial charge in [-0.1, -0.05) is 36.4 Å². The minimum Gasteiger partial charge on any atom is -0.493 e. The van der Waals surface area contributed by atoms with Gasteiger partial charge in [-0.25, -0.2) is 0 Å². The predicted molar refractivity (Wildman–Crippen MR) is 96.9 cm³/mol. The van der Waals surface area contributed by atoms with Crippen molar-refractivity contribution in [1.29, 1.82) is 0 Å². The molecule has 0 saturated carbocycles. The molecule has 0 heterocycles. The van der Waals surface area contributed by atoms with E-state index in [0.717, 1.165) is 11.1 Å². The first-order valence-electron chi connectivity index (χ1n) is 8.34. The Balaban J connectivity index is 1.74. The van der Waals surface area contributed by atoms with Gasteiger partial charge in [-0.3, -0.25) is 4.79 Å². The van der Waals surface area contributed by atoms with Crippen LogP contribution in [0.2, 0.25) is 0 Å². The first-order chi connectivity index (χ1) is 12.1. The van der Waals surface area contributed by atoms with Gasteiger partial charge in [0, 0.05) is 13.0 Å². The fourth-order valence-electron chi connectivity index (χ4n) is 2.57. The second kappa shape index (κ2) is 9.69. The van der Waals surface area contributed by atoms with Crippen LogP contribution in [-0.4, -0.2) is 31.8 Å². The molecule has 1 amide bonds. The van der Waals surface area contributed by atoms with Crippen molar-refractivity contribution in [3.8, 4) is 11.5 Å². The van der Waals surface area contributed by atoms with E-state index in [-0.39, 0.29) is 5.91 Å². The summed E-state index contributed by atoms with van der Waals surface area (Å²) < 4.78 is 10.5. The molecule has 0 spiro atoms. The standard InChI is InChI=1S/C20H25NO4/c1-24-18-10-8-15(14-19(18)25-2)9-11-20(23)21-13-12-17(22)16-6-4-3-5-7-16/h3-8,10,14,17,22H,9,11-13H2,1-2H3,(H,21,23)/t17-/m0/s1. The topological polar surface area (TPSA) is 67.8 Å². The lowest BCUT2D eigenvalue weighted by molar-refractivity contribution is -0.121. The molecule has 25 heavy (non-hydrogen) atoms. The number of hydrogen-bond acceptors (Lipinski definition) is 4. The zero-order valence-electron chi connectivity index (χ0n) is 14.7. The maximum atomic E-state index is 12.0. The Morgan fingerprint density at radius 2 is 1.80 bits per heavy atom. The van der Waals surface area contributed by atoms with Crippen LogP contribution in [-0.2, 0) is 11.2 Å². The summed E-state index contributed by atoms with van der Waals surface area (Å²) in [4.78, 5) is 12.0. The first kappa shape index (κ1) is 18.8. The highest BCUT2D eigenvalue weighted by molar-refractivity contribution is 5.76. The summed E-state index contributed by atoms with van der Waals surface area (Å²) in [6.07, 6.45) is 0.934.